The van der Waals surface area contributed by atoms with Gasteiger partial charge in [-0.1, -0.05) is 59.6 Å². The Hall–Kier alpha value is -4.79. The Labute approximate surface area is 316 Å². The summed E-state index contributed by atoms with van der Waals surface area (Å²) >= 11 is 13.5. The van der Waals surface area contributed by atoms with Crippen LogP contribution in [0.25, 0.3) is 11.1 Å². The van der Waals surface area contributed by atoms with Crippen LogP contribution in [0, 0.1) is 0 Å². The summed E-state index contributed by atoms with van der Waals surface area (Å²) in [6.07, 6.45) is 2.67. The summed E-state index contributed by atoms with van der Waals surface area (Å²) in [5, 5.41) is 31.4. The normalized spacial score (nSPS) is 16.9. The molecular formula is C38H40Cl2N6O7. The number of pyridine rings is 2. The summed E-state index contributed by atoms with van der Waals surface area (Å²) in [5.74, 6) is -0.498. The van der Waals surface area contributed by atoms with E-state index in [-0.39, 0.29) is 60.3 Å². The number of hydrogen-bond donors (Lipinski definition) is 6. The molecule has 6 N–H and O–H groups in total. The second-order valence-corrected chi connectivity index (χ2v) is 13.7. The number of methoxy groups -OCH3 is 1. The second-order valence-electron chi connectivity index (χ2n) is 13.0. The van der Waals surface area contributed by atoms with Gasteiger partial charge in [0.25, 0.3) is 5.91 Å². The molecule has 1 aliphatic carbocycles. The quantitative estimate of drug-likeness (QED) is 0.0896. The number of aromatic nitrogens is 2. The average Bonchev–Trinajstić information content (AvgIpc) is 3.75. The molecule has 0 saturated carbocycles. The Balaban J connectivity index is 1.11. The lowest BCUT2D eigenvalue weighted by Gasteiger charge is -2.18. The van der Waals surface area contributed by atoms with E-state index < -0.39 is 12.1 Å². The average molecular weight is 764 g/mol. The fourth-order valence-electron chi connectivity index (χ4n) is 6.58. The van der Waals surface area contributed by atoms with Crippen LogP contribution in [0.5, 0.6) is 11.8 Å². The number of carboxylic acids is 1. The summed E-state index contributed by atoms with van der Waals surface area (Å²) in [6.45, 7) is 1.57. The number of nitrogens with zero attached hydrogens (tertiary/aromatic N) is 2. The van der Waals surface area contributed by atoms with Gasteiger partial charge in [0.1, 0.15) is 16.9 Å². The first kappa shape index (κ1) is 38.0. The third kappa shape index (κ3) is 9.42. The van der Waals surface area contributed by atoms with Crippen molar-refractivity contribution in [3.63, 3.8) is 0 Å². The van der Waals surface area contributed by atoms with Gasteiger partial charge in [0.15, 0.2) is 0 Å². The molecule has 6 rings (SSSR count). The van der Waals surface area contributed by atoms with Crippen molar-refractivity contribution < 1.29 is 34.1 Å². The molecule has 13 nitrogen and oxygen atoms in total. The molecule has 1 saturated heterocycles. The molecule has 0 radical (unpaired) electrons. The van der Waals surface area contributed by atoms with Crippen molar-refractivity contribution in [1.82, 2.24) is 25.9 Å². The SMILES string of the molecule is COc1nc(O[C@H]2CCc3c(-c4cccc(C(=O)Nc5ccc(CNC[C@@H]6CCC(=O)N6)cn5)c4Cl)cccc32)c(Cl)cc1CNC[C@@H](O)CC(=O)O. The number of nitrogens with one attached hydrogen (secondary N) is 4. The van der Waals surface area contributed by atoms with Crippen molar-refractivity contribution in [3.05, 3.63) is 98.7 Å². The molecule has 278 valence electrons. The van der Waals surface area contributed by atoms with E-state index in [1.165, 1.54) is 7.11 Å². The predicted molar refractivity (Wildman–Crippen MR) is 199 cm³/mol. The minimum atomic E-state index is -1.09. The number of hydrogen-bond acceptors (Lipinski definition) is 10. The highest BCUT2D eigenvalue weighted by Crippen LogP contribution is 2.43. The fourth-order valence-corrected chi connectivity index (χ4v) is 7.11. The van der Waals surface area contributed by atoms with Gasteiger partial charge in [-0.15, -0.1) is 0 Å². The summed E-state index contributed by atoms with van der Waals surface area (Å²) in [5.41, 5.74) is 5.48. The summed E-state index contributed by atoms with van der Waals surface area (Å²) in [6, 6.07) is 16.7. The number of aliphatic hydroxyl groups excluding tert-OH is 1. The molecule has 3 heterocycles. The van der Waals surface area contributed by atoms with Gasteiger partial charge < -0.3 is 41.0 Å². The Bertz CT molecular complexity index is 1980. The summed E-state index contributed by atoms with van der Waals surface area (Å²) < 4.78 is 11.8. The maximum Gasteiger partial charge on any atom is 0.306 e. The monoisotopic (exact) mass is 762 g/mol. The molecule has 1 aliphatic heterocycles. The van der Waals surface area contributed by atoms with Crippen molar-refractivity contribution >= 4 is 46.8 Å². The van der Waals surface area contributed by atoms with E-state index in [0.29, 0.717) is 59.9 Å². The highest BCUT2D eigenvalue weighted by atomic mass is 35.5. The molecule has 3 atom stereocenters. The molecular weight excluding hydrogens is 723 g/mol. The number of rotatable bonds is 16. The van der Waals surface area contributed by atoms with Gasteiger partial charge in [0.2, 0.25) is 17.7 Å². The van der Waals surface area contributed by atoms with E-state index in [1.54, 1.807) is 30.5 Å². The Morgan fingerprint density at radius 1 is 1.02 bits per heavy atom. The Morgan fingerprint density at radius 2 is 1.83 bits per heavy atom. The predicted octanol–water partition coefficient (Wildman–Crippen LogP) is 5.07. The number of carbonyl (C=O) groups is 3. The second kappa shape index (κ2) is 17.4. The number of aliphatic carboxylic acids is 1. The van der Waals surface area contributed by atoms with Crippen LogP contribution in [0.1, 0.15) is 64.4 Å². The largest absolute Gasteiger partial charge is 0.481 e. The standard InChI is InChI=1S/C38H40Cl2N6O7/c1-52-37-22(18-42-20-24(47)15-34(49)50)14-30(39)38(46-37)53-31-11-10-26-25(4-2-5-27(26)31)28-6-3-7-29(35(28)40)36(51)45-32-12-8-21(17-43-32)16-41-19-23-9-13-33(48)44-23/h2-8,12,14,17,23-24,31,41-42,47H,9-11,13,15-16,18-20H2,1H3,(H,44,48)(H,49,50)(H,43,45,51)/t23-,24-,31-/m0/s1. The lowest BCUT2D eigenvalue weighted by Crippen LogP contribution is -2.35. The summed E-state index contributed by atoms with van der Waals surface area (Å²) in [4.78, 5) is 44.5. The van der Waals surface area contributed by atoms with Crippen molar-refractivity contribution in [2.24, 2.45) is 0 Å². The summed E-state index contributed by atoms with van der Waals surface area (Å²) in [7, 11) is 1.48. The fraction of sp³-hybridized carbons (Fsp3) is 0.342. The lowest BCUT2D eigenvalue weighted by atomic mass is 9.95. The molecule has 2 aromatic carbocycles. The number of fused-ring (bicyclic) bond motifs is 1. The van der Waals surface area contributed by atoms with Crippen molar-refractivity contribution in [1.29, 1.82) is 0 Å². The Morgan fingerprint density at radius 3 is 2.57 bits per heavy atom. The van der Waals surface area contributed by atoms with Crippen LogP contribution >= 0.6 is 23.2 Å². The molecule has 2 aromatic heterocycles. The molecule has 15 heteroatoms. The maximum absolute atomic E-state index is 13.4. The van der Waals surface area contributed by atoms with Crippen molar-refractivity contribution in [3.8, 4) is 22.9 Å². The minimum Gasteiger partial charge on any atom is -0.481 e. The van der Waals surface area contributed by atoms with Crippen molar-refractivity contribution in [2.75, 3.05) is 25.5 Å². The zero-order valence-corrected chi connectivity index (χ0v) is 30.5. The van der Waals surface area contributed by atoms with Gasteiger partial charge in [-0.2, -0.15) is 4.98 Å². The van der Waals surface area contributed by atoms with Gasteiger partial charge in [-0.3, -0.25) is 14.4 Å². The maximum atomic E-state index is 13.4. The van der Waals surface area contributed by atoms with Crippen LogP contribution in [0.2, 0.25) is 10.0 Å². The highest BCUT2D eigenvalue weighted by Gasteiger charge is 2.29. The number of amides is 2. The smallest absolute Gasteiger partial charge is 0.306 e. The van der Waals surface area contributed by atoms with E-state index in [0.717, 1.165) is 28.7 Å². The van der Waals surface area contributed by atoms with E-state index in [1.807, 2.05) is 30.3 Å². The van der Waals surface area contributed by atoms with Crippen LogP contribution in [-0.4, -0.2) is 70.3 Å². The van der Waals surface area contributed by atoms with Crippen LogP contribution in [0.4, 0.5) is 5.82 Å². The minimum absolute atomic E-state index is 0.0681. The molecule has 2 aliphatic rings. The van der Waals surface area contributed by atoms with Crippen molar-refractivity contribution in [2.45, 2.75) is 63.4 Å². The lowest BCUT2D eigenvalue weighted by molar-refractivity contribution is -0.139. The third-order valence-electron chi connectivity index (χ3n) is 9.16. The number of halogens is 2. The van der Waals surface area contributed by atoms with Crippen LogP contribution in [0.3, 0.4) is 0 Å². The number of carbonyl (C=O) groups excluding carboxylic acids is 2. The first-order valence-corrected chi connectivity index (χ1v) is 18.0. The van der Waals surface area contributed by atoms with E-state index >= 15 is 0 Å². The number of ether oxygens (including phenoxy) is 2. The van der Waals surface area contributed by atoms with Gasteiger partial charge >= 0.3 is 5.97 Å². The highest BCUT2D eigenvalue weighted by molar-refractivity contribution is 6.37. The number of carboxylic acid groups (broad SMARTS) is 1. The van der Waals surface area contributed by atoms with E-state index in [2.05, 4.69) is 31.2 Å². The Kier molecular flexibility index (Phi) is 12.4. The zero-order chi connectivity index (χ0) is 37.5. The van der Waals surface area contributed by atoms with E-state index in [9.17, 15) is 19.5 Å². The van der Waals surface area contributed by atoms with Crippen LogP contribution in [0.15, 0.2) is 60.8 Å². The molecule has 1 fully saturated rings. The van der Waals surface area contributed by atoms with Crippen LogP contribution < -0.4 is 30.7 Å². The number of benzene rings is 2. The molecule has 4 aromatic rings. The van der Waals surface area contributed by atoms with Gasteiger partial charge in [-0.05, 0) is 59.7 Å². The molecule has 0 bridgehead atoms. The first-order chi connectivity index (χ1) is 25.6. The topological polar surface area (TPSA) is 184 Å². The zero-order valence-electron chi connectivity index (χ0n) is 29.0. The van der Waals surface area contributed by atoms with E-state index in [4.69, 9.17) is 37.8 Å². The molecule has 53 heavy (non-hydrogen) atoms. The third-order valence-corrected chi connectivity index (χ3v) is 9.83. The van der Waals surface area contributed by atoms with Gasteiger partial charge in [0.05, 0.1) is 30.2 Å². The first-order valence-electron chi connectivity index (χ1n) is 17.3. The molecule has 0 spiro atoms. The number of anilines is 1. The van der Waals surface area contributed by atoms with Crippen LogP contribution in [-0.2, 0) is 29.1 Å². The van der Waals surface area contributed by atoms with Gasteiger partial charge in [-0.25, -0.2) is 4.98 Å². The van der Waals surface area contributed by atoms with Gasteiger partial charge in [0, 0.05) is 56.0 Å². The molecule has 2 amide bonds. The molecule has 0 unspecified atom stereocenters. The number of aliphatic hydroxyl groups is 1.